The van der Waals surface area contributed by atoms with E-state index in [1.807, 2.05) is 27.0 Å². The first-order chi connectivity index (χ1) is 17.0. The third kappa shape index (κ3) is 5.38. The summed E-state index contributed by atoms with van der Waals surface area (Å²) >= 11 is 6.47. The van der Waals surface area contributed by atoms with E-state index in [-0.39, 0.29) is 29.6 Å². The number of fused-ring (bicyclic) bond motifs is 1. The van der Waals surface area contributed by atoms with Crippen LogP contribution in [0.3, 0.4) is 0 Å². The molecule has 1 fully saturated rings. The minimum atomic E-state index is -0.427. The quantitative estimate of drug-likeness (QED) is 0.453. The molecule has 0 aliphatic heterocycles. The summed E-state index contributed by atoms with van der Waals surface area (Å²) in [6.07, 6.45) is 5.24. The van der Waals surface area contributed by atoms with Gasteiger partial charge in [-0.25, -0.2) is 9.37 Å². The molecule has 0 spiro atoms. The number of aromatic nitrogens is 3. The maximum absolute atomic E-state index is 15.0. The lowest BCUT2D eigenvalue weighted by atomic mass is 9.79. The smallest absolute Gasteiger partial charge is 0.228 e. The Morgan fingerprint density at radius 3 is 2.69 bits per heavy atom. The summed E-state index contributed by atoms with van der Waals surface area (Å²) in [5, 5.41) is 8.37. The van der Waals surface area contributed by atoms with Gasteiger partial charge in [-0.3, -0.25) is 14.3 Å². The molecule has 0 unspecified atom stereocenters. The molecule has 0 bridgehead atoms. The molecule has 1 aliphatic rings. The van der Waals surface area contributed by atoms with Crippen LogP contribution in [-0.4, -0.2) is 45.6 Å². The standard InChI is InChI=1S/C27H33ClFN5O2/c1-15(2)26-20-11-18(12-22(29)25(20)32-34(26)5)19-13-23(30-14-21(19)28)31-27(36)17-8-6-7-16(9-17)10-24(35)33(3)4/h11-17H,6-10H2,1-5H3,(H,30,31,36)/t16-,17+/m1/s1. The number of nitrogens with one attached hydrogen (secondary N) is 1. The number of aryl methyl sites for hydroxylation is 1. The van der Waals surface area contributed by atoms with Crippen LogP contribution in [0.2, 0.25) is 5.02 Å². The summed E-state index contributed by atoms with van der Waals surface area (Å²) < 4.78 is 16.7. The van der Waals surface area contributed by atoms with Crippen LogP contribution in [0.25, 0.3) is 22.0 Å². The van der Waals surface area contributed by atoms with Crippen LogP contribution >= 0.6 is 11.6 Å². The molecule has 36 heavy (non-hydrogen) atoms. The van der Waals surface area contributed by atoms with Crippen molar-refractivity contribution in [2.24, 2.45) is 18.9 Å². The molecule has 1 N–H and O–H groups in total. The molecule has 9 heteroatoms. The van der Waals surface area contributed by atoms with Crippen LogP contribution in [0.5, 0.6) is 0 Å². The van der Waals surface area contributed by atoms with E-state index in [0.717, 1.165) is 30.3 Å². The summed E-state index contributed by atoms with van der Waals surface area (Å²) in [6.45, 7) is 4.08. The maximum atomic E-state index is 15.0. The first kappa shape index (κ1) is 26.1. The minimum absolute atomic E-state index is 0.0866. The fourth-order valence-corrected chi connectivity index (χ4v) is 5.43. The number of rotatable bonds is 6. The second kappa shape index (κ2) is 10.5. The van der Waals surface area contributed by atoms with Crippen molar-refractivity contribution in [3.05, 3.63) is 40.9 Å². The Bertz CT molecular complexity index is 1300. The van der Waals surface area contributed by atoms with Crippen molar-refractivity contribution in [1.29, 1.82) is 0 Å². The van der Waals surface area contributed by atoms with E-state index in [4.69, 9.17) is 11.6 Å². The van der Waals surface area contributed by atoms with Crippen molar-refractivity contribution in [3.63, 3.8) is 0 Å². The zero-order chi connectivity index (χ0) is 26.1. The number of carbonyl (C=O) groups is 2. The van der Waals surface area contributed by atoms with Gasteiger partial charge < -0.3 is 10.2 Å². The van der Waals surface area contributed by atoms with Crippen molar-refractivity contribution < 1.29 is 14.0 Å². The molecule has 1 saturated carbocycles. The molecule has 3 aromatic rings. The number of nitrogens with zero attached hydrogens (tertiary/aromatic N) is 4. The molecule has 7 nitrogen and oxygen atoms in total. The van der Waals surface area contributed by atoms with Crippen LogP contribution in [-0.2, 0) is 16.6 Å². The summed E-state index contributed by atoms with van der Waals surface area (Å²) in [5.41, 5.74) is 2.43. The Labute approximate surface area is 216 Å². The van der Waals surface area contributed by atoms with Crippen LogP contribution < -0.4 is 5.32 Å². The van der Waals surface area contributed by atoms with Gasteiger partial charge in [-0.2, -0.15) is 5.10 Å². The number of benzene rings is 1. The molecule has 1 aliphatic carbocycles. The Hall–Kier alpha value is -3.00. The number of carbonyl (C=O) groups excluding carboxylic acids is 2. The van der Waals surface area contributed by atoms with Gasteiger partial charge in [-0.1, -0.05) is 31.9 Å². The summed E-state index contributed by atoms with van der Waals surface area (Å²) in [4.78, 5) is 31.1. The second-order valence-corrected chi connectivity index (χ2v) is 10.7. The molecule has 2 amide bonds. The number of amides is 2. The molecular formula is C27H33ClFN5O2. The molecule has 1 aromatic carbocycles. The largest absolute Gasteiger partial charge is 0.349 e. The third-order valence-electron chi connectivity index (χ3n) is 7.02. The van der Waals surface area contributed by atoms with E-state index < -0.39 is 5.82 Å². The SMILES string of the molecule is CC(C)c1c2cc(-c3cc(NC(=O)[C@H]4CCC[C@@H](CC(=O)N(C)C)C4)ncc3Cl)cc(F)c2nn1C. The van der Waals surface area contributed by atoms with Gasteiger partial charge in [-0.05, 0) is 54.9 Å². The highest BCUT2D eigenvalue weighted by molar-refractivity contribution is 6.33. The molecule has 4 rings (SSSR count). The lowest BCUT2D eigenvalue weighted by molar-refractivity contribution is -0.131. The molecule has 2 atom stereocenters. The lowest BCUT2D eigenvalue weighted by Gasteiger charge is -2.28. The zero-order valence-electron chi connectivity index (χ0n) is 21.4. The van der Waals surface area contributed by atoms with Gasteiger partial charge in [0.05, 0.1) is 5.02 Å². The van der Waals surface area contributed by atoms with Crippen molar-refractivity contribution in [2.45, 2.75) is 51.9 Å². The fraction of sp³-hybridized carbons (Fsp3) is 0.481. The normalized spacial score (nSPS) is 18.0. The van der Waals surface area contributed by atoms with Gasteiger partial charge in [0.2, 0.25) is 11.8 Å². The predicted molar refractivity (Wildman–Crippen MR) is 140 cm³/mol. The Balaban J connectivity index is 1.57. The first-order valence-corrected chi connectivity index (χ1v) is 12.8. The average Bonchev–Trinajstić information content (AvgIpc) is 3.17. The molecular weight excluding hydrogens is 481 g/mol. The van der Waals surface area contributed by atoms with Gasteiger partial charge in [0, 0.05) is 56.3 Å². The average molecular weight is 514 g/mol. The molecule has 0 saturated heterocycles. The van der Waals surface area contributed by atoms with Crippen molar-refractivity contribution in [1.82, 2.24) is 19.7 Å². The third-order valence-corrected chi connectivity index (χ3v) is 7.32. The van der Waals surface area contributed by atoms with Gasteiger partial charge in [0.15, 0.2) is 5.82 Å². The highest BCUT2D eigenvalue weighted by atomic mass is 35.5. The van der Waals surface area contributed by atoms with Crippen molar-refractivity contribution in [2.75, 3.05) is 19.4 Å². The Morgan fingerprint density at radius 1 is 1.25 bits per heavy atom. The number of hydrogen-bond donors (Lipinski definition) is 1. The fourth-order valence-electron chi connectivity index (χ4n) is 5.21. The van der Waals surface area contributed by atoms with Crippen LogP contribution in [0, 0.1) is 17.7 Å². The van der Waals surface area contributed by atoms with E-state index in [2.05, 4.69) is 15.4 Å². The predicted octanol–water partition coefficient (Wildman–Crippen LogP) is 5.77. The first-order valence-electron chi connectivity index (χ1n) is 12.4. The zero-order valence-corrected chi connectivity index (χ0v) is 22.2. The second-order valence-electron chi connectivity index (χ2n) is 10.3. The van der Waals surface area contributed by atoms with Crippen LogP contribution in [0.1, 0.15) is 57.6 Å². The molecule has 2 aromatic heterocycles. The highest BCUT2D eigenvalue weighted by Gasteiger charge is 2.29. The van der Waals surface area contributed by atoms with Crippen LogP contribution in [0.4, 0.5) is 10.2 Å². The topological polar surface area (TPSA) is 80.1 Å². The van der Waals surface area contributed by atoms with E-state index in [1.165, 1.54) is 12.3 Å². The van der Waals surface area contributed by atoms with Gasteiger partial charge in [-0.15, -0.1) is 0 Å². The molecule has 192 valence electrons. The summed E-state index contributed by atoms with van der Waals surface area (Å²) in [5.74, 6) is 0.0765. The lowest BCUT2D eigenvalue weighted by Crippen LogP contribution is -2.31. The van der Waals surface area contributed by atoms with E-state index >= 15 is 4.39 Å². The highest BCUT2D eigenvalue weighted by Crippen LogP contribution is 2.36. The van der Waals surface area contributed by atoms with E-state index in [9.17, 15) is 9.59 Å². The number of hydrogen-bond acceptors (Lipinski definition) is 4. The minimum Gasteiger partial charge on any atom is -0.349 e. The number of pyridine rings is 1. The Kier molecular flexibility index (Phi) is 7.64. The molecule has 2 heterocycles. The van der Waals surface area contributed by atoms with E-state index in [0.29, 0.717) is 40.3 Å². The van der Waals surface area contributed by atoms with Crippen molar-refractivity contribution >= 4 is 40.1 Å². The number of anilines is 1. The van der Waals surface area contributed by atoms with Gasteiger partial charge in [0.1, 0.15) is 11.3 Å². The summed E-state index contributed by atoms with van der Waals surface area (Å²) in [7, 11) is 5.31. The number of halogens is 2. The molecule has 0 radical (unpaired) electrons. The Morgan fingerprint density at radius 2 is 2.00 bits per heavy atom. The monoisotopic (exact) mass is 513 g/mol. The maximum Gasteiger partial charge on any atom is 0.228 e. The van der Waals surface area contributed by atoms with Crippen LogP contribution in [0.15, 0.2) is 24.4 Å². The van der Waals surface area contributed by atoms with Crippen molar-refractivity contribution in [3.8, 4) is 11.1 Å². The van der Waals surface area contributed by atoms with E-state index in [1.54, 1.807) is 29.7 Å². The van der Waals surface area contributed by atoms with Gasteiger partial charge in [0.25, 0.3) is 0 Å². The van der Waals surface area contributed by atoms with Gasteiger partial charge >= 0.3 is 0 Å². The summed E-state index contributed by atoms with van der Waals surface area (Å²) in [6, 6.07) is 4.99.